The van der Waals surface area contributed by atoms with Crippen LogP contribution in [-0.2, 0) is 19.1 Å². The van der Waals surface area contributed by atoms with Crippen LogP contribution in [0.2, 0.25) is 0 Å². The molecule has 0 aromatic rings. The van der Waals surface area contributed by atoms with Crippen molar-refractivity contribution >= 4 is 11.9 Å². The van der Waals surface area contributed by atoms with E-state index in [0.717, 1.165) is 6.42 Å². The average molecular weight is 270 g/mol. The highest BCUT2D eigenvalue weighted by Gasteiger charge is 2.46. The highest BCUT2D eigenvalue weighted by atomic mass is 16.5. The topological polar surface area (TPSA) is 81.9 Å². The second kappa shape index (κ2) is 5.88. The Morgan fingerprint density at radius 1 is 1.42 bits per heavy atom. The lowest BCUT2D eigenvalue weighted by atomic mass is 9.78. The Morgan fingerprint density at radius 2 is 2.11 bits per heavy atom. The van der Waals surface area contributed by atoms with Crippen LogP contribution in [0.15, 0.2) is 0 Å². The normalized spacial score (nSPS) is 26.2. The molecule has 0 saturated carbocycles. The molecule has 0 spiro atoms. The summed E-state index contributed by atoms with van der Waals surface area (Å²) in [6, 6.07) is -0.441. The standard InChI is InChI=1S/C13H22N2O4/c1-18-11(16)10-3-2-6-15(10)12(17)13(9-14)4-7-19-8-5-13/h10H,2-9,14H2,1H3. The second-order valence-corrected chi connectivity index (χ2v) is 5.28. The molecule has 2 N–H and O–H groups in total. The summed E-state index contributed by atoms with van der Waals surface area (Å²) in [6.45, 7) is 2.03. The summed E-state index contributed by atoms with van der Waals surface area (Å²) in [4.78, 5) is 26.2. The smallest absolute Gasteiger partial charge is 0.328 e. The Morgan fingerprint density at radius 3 is 2.68 bits per heavy atom. The van der Waals surface area contributed by atoms with E-state index in [1.165, 1.54) is 7.11 Å². The second-order valence-electron chi connectivity index (χ2n) is 5.28. The maximum atomic E-state index is 12.8. The van der Waals surface area contributed by atoms with Gasteiger partial charge < -0.3 is 20.1 Å². The molecule has 0 aromatic carbocycles. The first-order chi connectivity index (χ1) is 9.14. The SMILES string of the molecule is COC(=O)C1CCCN1C(=O)C1(CN)CCOCC1. The van der Waals surface area contributed by atoms with E-state index in [2.05, 4.69) is 0 Å². The van der Waals surface area contributed by atoms with E-state index in [4.69, 9.17) is 15.2 Å². The maximum Gasteiger partial charge on any atom is 0.328 e. The Labute approximate surface area is 113 Å². The molecule has 2 aliphatic rings. The van der Waals surface area contributed by atoms with Gasteiger partial charge >= 0.3 is 5.97 Å². The summed E-state index contributed by atoms with van der Waals surface area (Å²) in [5.41, 5.74) is 5.28. The number of likely N-dealkylation sites (tertiary alicyclic amines) is 1. The summed E-state index contributed by atoms with van der Waals surface area (Å²) >= 11 is 0. The lowest BCUT2D eigenvalue weighted by Crippen LogP contribution is -2.53. The molecule has 2 rings (SSSR count). The van der Waals surface area contributed by atoms with Gasteiger partial charge in [0.2, 0.25) is 5.91 Å². The van der Waals surface area contributed by atoms with Gasteiger partial charge in [-0.3, -0.25) is 4.79 Å². The van der Waals surface area contributed by atoms with Gasteiger partial charge in [-0.05, 0) is 25.7 Å². The molecular weight excluding hydrogens is 248 g/mol. The number of hydrogen-bond donors (Lipinski definition) is 1. The van der Waals surface area contributed by atoms with Crippen LogP contribution in [0.5, 0.6) is 0 Å². The van der Waals surface area contributed by atoms with Crippen LogP contribution in [0.3, 0.4) is 0 Å². The average Bonchev–Trinajstić information content (AvgIpc) is 2.95. The van der Waals surface area contributed by atoms with Gasteiger partial charge in [0, 0.05) is 26.3 Å². The first-order valence-corrected chi connectivity index (χ1v) is 6.81. The van der Waals surface area contributed by atoms with Gasteiger partial charge in [0.1, 0.15) is 6.04 Å². The van der Waals surface area contributed by atoms with E-state index in [0.29, 0.717) is 45.6 Å². The highest BCUT2D eigenvalue weighted by molar-refractivity contribution is 5.89. The van der Waals surface area contributed by atoms with Crippen molar-refractivity contribution in [3.05, 3.63) is 0 Å². The van der Waals surface area contributed by atoms with Gasteiger partial charge in [-0.1, -0.05) is 0 Å². The molecule has 19 heavy (non-hydrogen) atoms. The maximum absolute atomic E-state index is 12.8. The van der Waals surface area contributed by atoms with Crippen molar-refractivity contribution in [1.29, 1.82) is 0 Å². The van der Waals surface area contributed by atoms with Gasteiger partial charge in [-0.2, -0.15) is 0 Å². The molecular formula is C13H22N2O4. The Balaban J connectivity index is 2.14. The molecule has 0 aromatic heterocycles. The summed E-state index contributed by atoms with van der Waals surface area (Å²) in [5, 5.41) is 0. The minimum Gasteiger partial charge on any atom is -0.467 e. The lowest BCUT2D eigenvalue weighted by Gasteiger charge is -2.38. The zero-order valence-corrected chi connectivity index (χ0v) is 11.4. The van der Waals surface area contributed by atoms with Crippen LogP contribution in [-0.4, -0.2) is 56.2 Å². The van der Waals surface area contributed by atoms with Crippen LogP contribution in [0.25, 0.3) is 0 Å². The Kier molecular flexibility index (Phi) is 4.42. The molecule has 0 radical (unpaired) electrons. The molecule has 6 nitrogen and oxygen atoms in total. The van der Waals surface area contributed by atoms with Crippen LogP contribution < -0.4 is 5.73 Å². The van der Waals surface area contributed by atoms with Gasteiger partial charge in [-0.15, -0.1) is 0 Å². The van der Waals surface area contributed by atoms with Crippen molar-refractivity contribution in [1.82, 2.24) is 4.90 Å². The predicted octanol–water partition coefficient (Wildman–Crippen LogP) is -0.0941. The van der Waals surface area contributed by atoms with Gasteiger partial charge in [-0.25, -0.2) is 4.79 Å². The van der Waals surface area contributed by atoms with E-state index in [-0.39, 0.29) is 11.9 Å². The molecule has 1 atom stereocenters. The van der Waals surface area contributed by atoms with Gasteiger partial charge in [0.05, 0.1) is 12.5 Å². The number of hydrogen-bond acceptors (Lipinski definition) is 5. The number of esters is 1. The molecule has 108 valence electrons. The van der Waals surface area contributed by atoms with Crippen molar-refractivity contribution in [2.24, 2.45) is 11.1 Å². The lowest BCUT2D eigenvalue weighted by molar-refractivity contribution is -0.157. The van der Waals surface area contributed by atoms with E-state index in [1.807, 2.05) is 0 Å². The summed E-state index contributed by atoms with van der Waals surface area (Å²) in [7, 11) is 1.36. The van der Waals surface area contributed by atoms with Crippen molar-refractivity contribution in [2.45, 2.75) is 31.7 Å². The third-order valence-electron chi connectivity index (χ3n) is 4.28. The number of nitrogens with two attached hydrogens (primary N) is 1. The third kappa shape index (κ3) is 2.60. The fourth-order valence-corrected chi connectivity index (χ4v) is 2.96. The van der Waals surface area contributed by atoms with Crippen molar-refractivity contribution < 1.29 is 19.1 Å². The molecule has 2 saturated heterocycles. The molecule has 6 heteroatoms. The minimum absolute atomic E-state index is 0.00815. The van der Waals surface area contributed by atoms with Crippen molar-refractivity contribution in [3.63, 3.8) is 0 Å². The first kappa shape index (κ1) is 14.3. The monoisotopic (exact) mass is 270 g/mol. The van der Waals surface area contributed by atoms with Gasteiger partial charge in [0.25, 0.3) is 0 Å². The fraction of sp³-hybridized carbons (Fsp3) is 0.846. The fourth-order valence-electron chi connectivity index (χ4n) is 2.96. The number of rotatable bonds is 3. The Bertz CT molecular complexity index is 353. The Hall–Kier alpha value is -1.14. The summed E-state index contributed by atoms with van der Waals surface area (Å²) < 4.78 is 10.1. The molecule has 0 aliphatic carbocycles. The largest absolute Gasteiger partial charge is 0.467 e. The van der Waals surface area contributed by atoms with Crippen LogP contribution in [0, 0.1) is 5.41 Å². The number of carbonyl (C=O) groups is 2. The van der Waals surface area contributed by atoms with E-state index in [1.54, 1.807) is 4.90 Å². The zero-order valence-electron chi connectivity index (χ0n) is 11.4. The van der Waals surface area contributed by atoms with Crippen molar-refractivity contribution in [2.75, 3.05) is 33.4 Å². The number of carbonyl (C=O) groups excluding carboxylic acids is 2. The molecule has 2 heterocycles. The molecule has 1 amide bonds. The zero-order chi connectivity index (χ0) is 13.9. The minimum atomic E-state index is -0.561. The van der Waals surface area contributed by atoms with E-state index >= 15 is 0 Å². The first-order valence-electron chi connectivity index (χ1n) is 6.81. The number of amides is 1. The predicted molar refractivity (Wildman–Crippen MR) is 68.3 cm³/mol. The van der Waals surface area contributed by atoms with Crippen LogP contribution in [0.1, 0.15) is 25.7 Å². The quantitative estimate of drug-likeness (QED) is 0.725. The number of nitrogens with zero attached hydrogens (tertiary/aromatic N) is 1. The number of methoxy groups -OCH3 is 1. The number of ether oxygens (including phenoxy) is 2. The van der Waals surface area contributed by atoms with E-state index in [9.17, 15) is 9.59 Å². The van der Waals surface area contributed by atoms with Crippen LogP contribution in [0.4, 0.5) is 0 Å². The van der Waals surface area contributed by atoms with Crippen molar-refractivity contribution in [3.8, 4) is 0 Å². The summed E-state index contributed by atoms with van der Waals surface area (Å²) in [5.74, 6) is -0.337. The highest BCUT2D eigenvalue weighted by Crippen LogP contribution is 2.34. The third-order valence-corrected chi connectivity index (χ3v) is 4.28. The van der Waals surface area contributed by atoms with Crippen LogP contribution >= 0.6 is 0 Å². The molecule has 2 fully saturated rings. The molecule has 0 bridgehead atoms. The molecule has 2 aliphatic heterocycles. The van der Waals surface area contributed by atoms with E-state index < -0.39 is 11.5 Å². The summed E-state index contributed by atoms with van der Waals surface area (Å²) in [6.07, 6.45) is 2.78. The molecule has 1 unspecified atom stereocenters. The van der Waals surface area contributed by atoms with Gasteiger partial charge in [0.15, 0.2) is 0 Å².